The highest BCUT2D eigenvalue weighted by atomic mass is 16.7. The molecular formula is C11H19NO2. The van der Waals surface area contributed by atoms with Crippen LogP contribution in [-0.2, 0) is 9.63 Å². The van der Waals surface area contributed by atoms with E-state index in [2.05, 4.69) is 0 Å². The van der Waals surface area contributed by atoms with E-state index in [0.717, 1.165) is 37.9 Å². The smallest absolute Gasteiger partial charge is 0.352 e. The molecule has 0 aromatic carbocycles. The lowest BCUT2D eigenvalue weighted by Crippen LogP contribution is -2.28. The molecule has 0 radical (unpaired) electrons. The maximum absolute atomic E-state index is 11.6. The fraction of sp³-hybridized carbons (Fsp3) is 0.727. The van der Waals surface area contributed by atoms with E-state index in [0.29, 0.717) is 0 Å². The molecule has 1 aliphatic carbocycles. The molecule has 80 valence electrons. The molecular weight excluding hydrogens is 178 g/mol. The number of hydrogen-bond donors (Lipinski definition) is 0. The monoisotopic (exact) mass is 197 g/mol. The number of rotatable bonds is 4. The molecule has 0 spiro atoms. The molecule has 0 N–H and O–H groups in total. The number of allylic oxidation sites excluding steroid dienone is 1. The van der Waals surface area contributed by atoms with Crippen LogP contribution in [0.2, 0.25) is 0 Å². The summed E-state index contributed by atoms with van der Waals surface area (Å²) in [5.74, 6) is -0.159. The van der Waals surface area contributed by atoms with Gasteiger partial charge in [-0.3, -0.25) is 0 Å². The summed E-state index contributed by atoms with van der Waals surface area (Å²) in [6.07, 6.45) is 6.21. The number of carbonyl (C=O) groups is 1. The van der Waals surface area contributed by atoms with Crippen LogP contribution >= 0.6 is 0 Å². The highest BCUT2D eigenvalue weighted by molar-refractivity contribution is 5.88. The molecule has 3 heteroatoms. The topological polar surface area (TPSA) is 29.5 Å². The Morgan fingerprint density at radius 3 is 2.64 bits per heavy atom. The summed E-state index contributed by atoms with van der Waals surface area (Å²) in [4.78, 5) is 16.8. The van der Waals surface area contributed by atoms with Crippen LogP contribution in [0, 0.1) is 0 Å². The van der Waals surface area contributed by atoms with Gasteiger partial charge in [-0.25, -0.2) is 4.79 Å². The highest BCUT2D eigenvalue weighted by Crippen LogP contribution is 2.18. The summed E-state index contributed by atoms with van der Waals surface area (Å²) in [6.45, 7) is 5.45. The third-order valence-electron chi connectivity index (χ3n) is 2.47. The van der Waals surface area contributed by atoms with Crippen molar-refractivity contribution in [2.75, 3.05) is 13.1 Å². The summed E-state index contributed by atoms with van der Waals surface area (Å²) >= 11 is 0. The Morgan fingerprint density at radius 2 is 2.14 bits per heavy atom. The van der Waals surface area contributed by atoms with Gasteiger partial charge in [-0.2, -0.15) is 0 Å². The normalized spacial score (nSPS) is 16.6. The SMILES string of the molecule is CCN(CC)OC(=O)C1=CCCCC1. The molecule has 3 nitrogen and oxygen atoms in total. The molecule has 0 atom stereocenters. The van der Waals surface area contributed by atoms with E-state index in [1.54, 1.807) is 5.06 Å². The maximum atomic E-state index is 11.6. The van der Waals surface area contributed by atoms with Crippen LogP contribution in [0.4, 0.5) is 0 Å². The zero-order chi connectivity index (χ0) is 10.4. The first kappa shape index (κ1) is 11.2. The van der Waals surface area contributed by atoms with Crippen molar-refractivity contribution < 1.29 is 9.63 Å². The van der Waals surface area contributed by atoms with Gasteiger partial charge in [0, 0.05) is 18.7 Å². The fourth-order valence-corrected chi connectivity index (χ4v) is 1.55. The van der Waals surface area contributed by atoms with Gasteiger partial charge in [0.15, 0.2) is 0 Å². The third kappa shape index (κ3) is 3.14. The molecule has 0 amide bonds. The number of nitrogens with zero attached hydrogens (tertiary/aromatic N) is 1. The highest BCUT2D eigenvalue weighted by Gasteiger charge is 2.15. The van der Waals surface area contributed by atoms with E-state index in [1.165, 1.54) is 6.42 Å². The van der Waals surface area contributed by atoms with Crippen LogP contribution in [-0.4, -0.2) is 24.1 Å². The molecule has 0 aliphatic heterocycles. The Labute approximate surface area is 85.7 Å². The van der Waals surface area contributed by atoms with Crippen molar-refractivity contribution in [1.29, 1.82) is 0 Å². The van der Waals surface area contributed by atoms with Gasteiger partial charge in [0.1, 0.15) is 0 Å². The summed E-state index contributed by atoms with van der Waals surface area (Å²) in [5.41, 5.74) is 0.850. The molecule has 14 heavy (non-hydrogen) atoms. The molecule has 0 saturated carbocycles. The van der Waals surface area contributed by atoms with Gasteiger partial charge in [0.25, 0.3) is 0 Å². The van der Waals surface area contributed by atoms with E-state index >= 15 is 0 Å². The average molecular weight is 197 g/mol. The van der Waals surface area contributed by atoms with E-state index in [4.69, 9.17) is 4.84 Å². The van der Waals surface area contributed by atoms with Crippen LogP contribution in [0.25, 0.3) is 0 Å². The van der Waals surface area contributed by atoms with Crippen LogP contribution in [0.1, 0.15) is 39.5 Å². The number of hydroxylamine groups is 2. The first-order valence-corrected chi connectivity index (χ1v) is 5.44. The van der Waals surface area contributed by atoms with Gasteiger partial charge < -0.3 is 4.84 Å². The Kier molecular flexibility index (Phi) is 4.66. The van der Waals surface area contributed by atoms with Gasteiger partial charge in [-0.15, -0.1) is 5.06 Å². The summed E-state index contributed by atoms with van der Waals surface area (Å²) in [5, 5.41) is 1.68. The van der Waals surface area contributed by atoms with Crippen LogP contribution in [0.3, 0.4) is 0 Å². The predicted molar refractivity (Wildman–Crippen MR) is 55.6 cm³/mol. The average Bonchev–Trinajstić information content (AvgIpc) is 2.26. The molecule has 0 fully saturated rings. The first-order valence-electron chi connectivity index (χ1n) is 5.44. The molecule has 0 aromatic rings. The van der Waals surface area contributed by atoms with Crippen molar-refractivity contribution in [1.82, 2.24) is 5.06 Å². The fourth-order valence-electron chi connectivity index (χ4n) is 1.55. The maximum Gasteiger partial charge on any atom is 0.352 e. The molecule has 0 aromatic heterocycles. The number of carbonyl (C=O) groups excluding carboxylic acids is 1. The van der Waals surface area contributed by atoms with Crippen molar-refractivity contribution in [2.45, 2.75) is 39.5 Å². The summed E-state index contributed by atoms with van der Waals surface area (Å²) < 4.78 is 0. The Bertz CT molecular complexity index is 219. The minimum absolute atomic E-state index is 0.159. The third-order valence-corrected chi connectivity index (χ3v) is 2.47. The summed E-state index contributed by atoms with van der Waals surface area (Å²) in [7, 11) is 0. The quantitative estimate of drug-likeness (QED) is 0.647. The lowest BCUT2D eigenvalue weighted by molar-refractivity contribution is -0.183. The Hall–Kier alpha value is -0.830. The minimum Gasteiger partial charge on any atom is -0.364 e. The van der Waals surface area contributed by atoms with Crippen molar-refractivity contribution >= 4 is 5.97 Å². The van der Waals surface area contributed by atoms with Crippen LogP contribution < -0.4 is 0 Å². The molecule has 0 saturated heterocycles. The van der Waals surface area contributed by atoms with Crippen molar-refractivity contribution in [3.05, 3.63) is 11.6 Å². The van der Waals surface area contributed by atoms with E-state index in [9.17, 15) is 4.79 Å². The number of hydrogen-bond acceptors (Lipinski definition) is 3. The van der Waals surface area contributed by atoms with E-state index < -0.39 is 0 Å². The molecule has 0 heterocycles. The molecule has 0 bridgehead atoms. The Balaban J connectivity index is 2.44. The lowest BCUT2D eigenvalue weighted by Gasteiger charge is -2.19. The van der Waals surface area contributed by atoms with Crippen LogP contribution in [0.5, 0.6) is 0 Å². The standard InChI is InChI=1S/C11H19NO2/c1-3-12(4-2)14-11(13)10-8-6-5-7-9-10/h8H,3-7,9H2,1-2H3. The van der Waals surface area contributed by atoms with Crippen LogP contribution in [0.15, 0.2) is 11.6 Å². The second-order valence-corrected chi connectivity index (χ2v) is 3.47. The predicted octanol–water partition coefficient (Wildman–Crippen LogP) is 2.29. The van der Waals surface area contributed by atoms with Crippen molar-refractivity contribution in [2.24, 2.45) is 0 Å². The second kappa shape index (κ2) is 5.81. The molecule has 1 aliphatic rings. The van der Waals surface area contributed by atoms with Gasteiger partial charge in [0.2, 0.25) is 0 Å². The first-order chi connectivity index (χ1) is 6.77. The Morgan fingerprint density at radius 1 is 1.43 bits per heavy atom. The summed E-state index contributed by atoms with van der Waals surface area (Å²) in [6, 6.07) is 0. The largest absolute Gasteiger partial charge is 0.364 e. The van der Waals surface area contributed by atoms with Crippen molar-refractivity contribution in [3.8, 4) is 0 Å². The van der Waals surface area contributed by atoms with Gasteiger partial charge in [0.05, 0.1) is 0 Å². The molecule has 1 rings (SSSR count). The zero-order valence-electron chi connectivity index (χ0n) is 9.08. The minimum atomic E-state index is -0.159. The second-order valence-electron chi connectivity index (χ2n) is 3.47. The zero-order valence-corrected chi connectivity index (χ0v) is 9.08. The van der Waals surface area contributed by atoms with Gasteiger partial charge in [-0.05, 0) is 39.5 Å². The van der Waals surface area contributed by atoms with Gasteiger partial charge in [-0.1, -0.05) is 6.08 Å². The van der Waals surface area contributed by atoms with Gasteiger partial charge >= 0.3 is 5.97 Å². The lowest BCUT2D eigenvalue weighted by atomic mass is 10.00. The molecule has 0 unspecified atom stereocenters. The van der Waals surface area contributed by atoms with E-state index in [-0.39, 0.29) is 5.97 Å². The van der Waals surface area contributed by atoms with E-state index in [1.807, 2.05) is 19.9 Å². The van der Waals surface area contributed by atoms with Crippen molar-refractivity contribution in [3.63, 3.8) is 0 Å².